The third kappa shape index (κ3) is 3.87. The van der Waals surface area contributed by atoms with Crippen LogP contribution in [0.4, 0.5) is 11.4 Å². The van der Waals surface area contributed by atoms with Crippen molar-refractivity contribution in [2.45, 2.75) is 25.3 Å². The van der Waals surface area contributed by atoms with E-state index in [9.17, 15) is 9.59 Å². The number of nitrogens with zero attached hydrogens (tertiary/aromatic N) is 2. The van der Waals surface area contributed by atoms with Gasteiger partial charge >= 0.3 is 0 Å². The summed E-state index contributed by atoms with van der Waals surface area (Å²) in [6.45, 7) is -0.0217. The van der Waals surface area contributed by atoms with Gasteiger partial charge in [0.2, 0.25) is 11.8 Å². The van der Waals surface area contributed by atoms with Gasteiger partial charge in [-0.1, -0.05) is 66.7 Å². The molecular formula is C26H23N3O2. The van der Waals surface area contributed by atoms with Crippen molar-refractivity contribution in [1.29, 1.82) is 0 Å². The van der Waals surface area contributed by atoms with Gasteiger partial charge in [-0.25, -0.2) is 0 Å². The maximum Gasteiger partial charge on any atom is 0.240 e. The van der Waals surface area contributed by atoms with E-state index in [1.807, 2.05) is 66.7 Å². The van der Waals surface area contributed by atoms with Gasteiger partial charge < -0.3 is 10.2 Å². The van der Waals surface area contributed by atoms with E-state index in [0.717, 1.165) is 18.4 Å². The molecule has 1 aliphatic heterocycles. The monoisotopic (exact) mass is 409 g/mol. The molecule has 31 heavy (non-hydrogen) atoms. The molecule has 0 saturated heterocycles. The van der Waals surface area contributed by atoms with Gasteiger partial charge in [0.15, 0.2) is 0 Å². The minimum Gasteiger partial charge on any atom is -0.348 e. The molecule has 5 heteroatoms. The smallest absolute Gasteiger partial charge is 0.240 e. The summed E-state index contributed by atoms with van der Waals surface area (Å²) in [6.07, 6.45) is 2.00. The number of para-hydroxylation sites is 2. The third-order valence-corrected chi connectivity index (χ3v) is 5.92. The van der Waals surface area contributed by atoms with E-state index in [0.29, 0.717) is 17.1 Å². The normalized spacial score (nSPS) is 17.4. The summed E-state index contributed by atoms with van der Waals surface area (Å²) in [5.41, 5.74) is 5.45. The van der Waals surface area contributed by atoms with Crippen LogP contribution in [0.15, 0.2) is 83.9 Å². The molecule has 0 saturated carbocycles. The zero-order valence-electron chi connectivity index (χ0n) is 17.1. The molecule has 0 radical (unpaired) electrons. The van der Waals surface area contributed by atoms with Crippen LogP contribution in [-0.4, -0.2) is 24.1 Å². The molecule has 0 bridgehead atoms. The molecular weight excluding hydrogens is 386 g/mol. The SMILES string of the molecule is O=C(CN1C(=O)CC(c2ccccc2)=Nc2ccccc21)NC1CCc2ccccc21. The molecule has 1 atom stereocenters. The van der Waals surface area contributed by atoms with Crippen molar-refractivity contribution in [1.82, 2.24) is 5.32 Å². The molecule has 154 valence electrons. The van der Waals surface area contributed by atoms with E-state index >= 15 is 0 Å². The molecule has 5 nitrogen and oxygen atoms in total. The van der Waals surface area contributed by atoms with Gasteiger partial charge in [0, 0.05) is 0 Å². The molecule has 2 aliphatic rings. The quantitative estimate of drug-likeness (QED) is 0.696. The molecule has 1 N–H and O–H groups in total. The Balaban J connectivity index is 1.38. The number of anilines is 1. The van der Waals surface area contributed by atoms with Crippen molar-refractivity contribution in [3.8, 4) is 0 Å². The Hall–Kier alpha value is -3.73. The fraction of sp³-hybridized carbons (Fsp3) is 0.192. The zero-order chi connectivity index (χ0) is 21.2. The van der Waals surface area contributed by atoms with E-state index in [-0.39, 0.29) is 30.8 Å². The summed E-state index contributed by atoms with van der Waals surface area (Å²) in [4.78, 5) is 32.5. The lowest BCUT2D eigenvalue weighted by atomic mass is 10.1. The molecule has 5 rings (SSSR count). The Bertz CT molecular complexity index is 1170. The molecule has 0 spiro atoms. The highest BCUT2D eigenvalue weighted by Gasteiger charge is 2.29. The van der Waals surface area contributed by atoms with Crippen molar-refractivity contribution in [2.24, 2.45) is 4.99 Å². The first-order valence-corrected chi connectivity index (χ1v) is 10.6. The number of aliphatic imine (C=N–C) groups is 1. The highest BCUT2D eigenvalue weighted by atomic mass is 16.2. The molecule has 1 heterocycles. The number of hydrogen-bond donors (Lipinski definition) is 1. The Morgan fingerprint density at radius 3 is 2.58 bits per heavy atom. The number of rotatable bonds is 4. The second-order valence-electron chi connectivity index (χ2n) is 7.93. The molecule has 0 fully saturated rings. The fourth-order valence-corrected chi connectivity index (χ4v) is 4.41. The summed E-state index contributed by atoms with van der Waals surface area (Å²) in [6, 6.07) is 25.4. The number of benzene rings is 3. The Morgan fingerprint density at radius 1 is 0.968 bits per heavy atom. The zero-order valence-corrected chi connectivity index (χ0v) is 17.1. The first kappa shape index (κ1) is 19.2. The highest BCUT2D eigenvalue weighted by Crippen LogP contribution is 2.33. The Kier molecular flexibility index (Phi) is 5.08. The maximum absolute atomic E-state index is 13.2. The molecule has 3 aromatic carbocycles. The van der Waals surface area contributed by atoms with Crippen molar-refractivity contribution in [3.63, 3.8) is 0 Å². The van der Waals surface area contributed by atoms with Crippen LogP contribution >= 0.6 is 0 Å². The number of fused-ring (bicyclic) bond motifs is 2. The number of amides is 2. The Morgan fingerprint density at radius 2 is 1.71 bits per heavy atom. The van der Waals surface area contributed by atoms with E-state index in [4.69, 9.17) is 4.99 Å². The summed E-state index contributed by atoms with van der Waals surface area (Å²) >= 11 is 0. The van der Waals surface area contributed by atoms with Gasteiger partial charge in [-0.05, 0) is 41.7 Å². The third-order valence-electron chi connectivity index (χ3n) is 5.92. The minimum atomic E-state index is -0.159. The first-order chi connectivity index (χ1) is 15.2. The average molecular weight is 409 g/mol. The van der Waals surface area contributed by atoms with Crippen molar-refractivity contribution in [3.05, 3.63) is 95.6 Å². The van der Waals surface area contributed by atoms with Gasteiger partial charge in [0.25, 0.3) is 0 Å². The lowest BCUT2D eigenvalue weighted by Gasteiger charge is -2.23. The van der Waals surface area contributed by atoms with E-state index in [1.54, 1.807) is 4.90 Å². The van der Waals surface area contributed by atoms with Crippen molar-refractivity contribution >= 4 is 28.9 Å². The number of carbonyl (C=O) groups excluding carboxylic acids is 2. The van der Waals surface area contributed by atoms with Crippen LogP contribution in [0.25, 0.3) is 0 Å². The standard InChI is InChI=1S/C26H23N3O2/c30-25(28-21-15-14-18-8-4-5-11-20(18)21)17-29-24-13-7-6-12-22(24)27-23(16-26(29)31)19-9-2-1-3-10-19/h1-13,21H,14-17H2,(H,28,30). The molecule has 1 aliphatic carbocycles. The van der Waals surface area contributed by atoms with Gasteiger partial charge in [-0.2, -0.15) is 0 Å². The number of hydrogen-bond acceptors (Lipinski definition) is 3. The van der Waals surface area contributed by atoms with Crippen LogP contribution in [0.2, 0.25) is 0 Å². The fourth-order valence-electron chi connectivity index (χ4n) is 4.41. The van der Waals surface area contributed by atoms with E-state index in [2.05, 4.69) is 17.4 Å². The van der Waals surface area contributed by atoms with Crippen molar-refractivity contribution in [2.75, 3.05) is 11.4 Å². The van der Waals surface area contributed by atoms with Gasteiger partial charge in [0.1, 0.15) is 6.54 Å². The van der Waals surface area contributed by atoms with E-state index in [1.165, 1.54) is 11.1 Å². The summed E-state index contributed by atoms with van der Waals surface area (Å²) in [7, 11) is 0. The highest BCUT2D eigenvalue weighted by molar-refractivity contribution is 6.18. The summed E-state index contributed by atoms with van der Waals surface area (Å²) in [5.74, 6) is -0.289. The number of aryl methyl sites for hydroxylation is 1. The number of nitrogens with one attached hydrogen (secondary N) is 1. The molecule has 1 unspecified atom stereocenters. The van der Waals surface area contributed by atoms with E-state index < -0.39 is 0 Å². The minimum absolute atomic E-state index is 0.00264. The van der Waals surface area contributed by atoms with Crippen LogP contribution in [0.3, 0.4) is 0 Å². The predicted octanol–water partition coefficient (Wildman–Crippen LogP) is 4.35. The second-order valence-corrected chi connectivity index (χ2v) is 7.93. The van der Waals surface area contributed by atoms with Crippen LogP contribution in [0.5, 0.6) is 0 Å². The van der Waals surface area contributed by atoms with Crippen LogP contribution < -0.4 is 10.2 Å². The Labute approximate surface area is 181 Å². The molecule has 3 aromatic rings. The first-order valence-electron chi connectivity index (χ1n) is 10.6. The number of carbonyl (C=O) groups is 2. The molecule has 0 aromatic heterocycles. The largest absolute Gasteiger partial charge is 0.348 e. The van der Waals surface area contributed by atoms with Crippen LogP contribution in [0.1, 0.15) is 35.6 Å². The lowest BCUT2D eigenvalue weighted by molar-refractivity contribution is -0.123. The average Bonchev–Trinajstić information content (AvgIpc) is 3.14. The van der Waals surface area contributed by atoms with Gasteiger partial charge in [-0.3, -0.25) is 14.6 Å². The van der Waals surface area contributed by atoms with Crippen LogP contribution in [0, 0.1) is 0 Å². The van der Waals surface area contributed by atoms with Crippen molar-refractivity contribution < 1.29 is 9.59 Å². The van der Waals surface area contributed by atoms with Crippen LogP contribution in [-0.2, 0) is 16.0 Å². The summed E-state index contributed by atoms with van der Waals surface area (Å²) < 4.78 is 0. The van der Waals surface area contributed by atoms with Gasteiger partial charge in [0.05, 0.1) is 29.5 Å². The lowest BCUT2D eigenvalue weighted by Crippen LogP contribution is -2.42. The topological polar surface area (TPSA) is 61.8 Å². The molecule has 2 amide bonds. The summed E-state index contributed by atoms with van der Waals surface area (Å²) in [5, 5.41) is 3.13. The predicted molar refractivity (Wildman–Crippen MR) is 122 cm³/mol. The van der Waals surface area contributed by atoms with Gasteiger partial charge in [-0.15, -0.1) is 0 Å². The maximum atomic E-state index is 13.2. The second kappa shape index (κ2) is 8.19.